The van der Waals surface area contributed by atoms with Gasteiger partial charge in [-0.05, 0) is 248 Å². The van der Waals surface area contributed by atoms with Gasteiger partial charge < -0.3 is 0 Å². The number of hydrogen-bond donors (Lipinski definition) is 0. The Kier molecular flexibility index (Phi) is 40.2. The summed E-state index contributed by atoms with van der Waals surface area (Å²) in [4.78, 5) is 0. The Balaban J connectivity index is 0.000000185. The molecule has 16 rings (SSSR count). The minimum Gasteiger partial charge on any atom is -0.171 e. The second kappa shape index (κ2) is 46.4. The van der Waals surface area contributed by atoms with Crippen LogP contribution in [0.5, 0.6) is 0 Å². The van der Waals surface area contributed by atoms with Crippen molar-refractivity contribution in [3.63, 3.8) is 0 Å². The second-order valence-corrected chi connectivity index (χ2v) is 95.6. The smallest absolute Gasteiger partial charge is 0.171 e. The van der Waals surface area contributed by atoms with Gasteiger partial charge in [0, 0.05) is 15.2 Å². The van der Waals surface area contributed by atoms with Crippen molar-refractivity contribution in [2.24, 2.45) is 88.8 Å². The third kappa shape index (κ3) is 23.1. The van der Waals surface area contributed by atoms with E-state index in [9.17, 15) is 0 Å². The standard InChI is InChI=1S/C28H38Si2.C27H52Si2.C18H29ClSi2.C14H26.C14H18.C9H16.CH4.2Li/c1-8-13-20(2)26-19-28(25-17-12-10-15-23(25)26)30(6,7)29(4,5)27-18-21(3)22-14-9-11-16-24(22)27;1-7-12-20(2)25-19-27(24-16-11-10-15-23(24)25)29(5,6)28(3,4)26-18-17-21-13-8-9-14-22(21)26;1-7-10-14(2)17-13-18(20(3,4)21(5,6)19)16-12-9-8-11-15(16)17;2*1-3-6-11(2)13-10-9-12-7-4-5-8-14(12)13;1-2-5-9-7-3-6-8(9)4-1;;;/h9-12,14-20,27-28H,8,13H2,1-7H3;20-27H,7-19H2,1-6H3;8-9,11-14,18H,7,10H2,1-6H3;11-14H,3-10H2,1-2H3;4-5,7-8,10-11H,3,6,9H2,1-2H3;8-9H,1-7H2;1H4;;/q;;;;;;;2*+1. The minimum atomic E-state index is -1.63. The molecule has 0 N–H and O–H groups in total. The van der Waals surface area contributed by atoms with Gasteiger partial charge in [-0.1, -0.05) is 444 Å². The summed E-state index contributed by atoms with van der Waals surface area (Å²) >= 11 is 6.93. The number of allylic oxidation sites excluding steroid dienone is 8. The van der Waals surface area contributed by atoms with Crippen LogP contribution in [0.4, 0.5) is 0 Å². The second-order valence-electron chi connectivity index (χ2n) is 45.2. The van der Waals surface area contributed by atoms with E-state index in [1.807, 2.05) is 0 Å². The molecule has 0 saturated heterocycles. The zero-order chi connectivity index (χ0) is 84.4. The molecular weight excluding hydrogens is 1550 g/mol. The van der Waals surface area contributed by atoms with Gasteiger partial charge in [-0.3, -0.25) is 0 Å². The molecule has 0 heterocycles. The van der Waals surface area contributed by atoms with Crippen molar-refractivity contribution in [2.75, 3.05) is 0 Å². The third-order valence-electron chi connectivity index (χ3n) is 37.1. The maximum Gasteiger partial charge on any atom is 1.00 e. The Labute approximate surface area is 778 Å². The van der Waals surface area contributed by atoms with E-state index in [0.29, 0.717) is 28.5 Å². The predicted molar refractivity (Wildman–Crippen MR) is 546 cm³/mol. The Hall–Kier alpha value is -1.37. The van der Waals surface area contributed by atoms with Gasteiger partial charge in [0.1, 0.15) is 6.90 Å². The van der Waals surface area contributed by atoms with Crippen LogP contribution < -0.4 is 37.7 Å². The molecule has 20 atom stereocenters. The van der Waals surface area contributed by atoms with E-state index in [1.165, 1.54) is 147 Å². The third-order valence-corrected chi connectivity index (χ3v) is 96.5. The van der Waals surface area contributed by atoms with E-state index < -0.39 is 44.9 Å². The van der Waals surface area contributed by atoms with E-state index in [0.717, 1.165) is 71.5 Å². The van der Waals surface area contributed by atoms with Gasteiger partial charge >= 0.3 is 37.7 Å². The van der Waals surface area contributed by atoms with Crippen LogP contribution in [0.15, 0.2) is 121 Å². The molecule has 0 nitrogen and oxygen atoms in total. The van der Waals surface area contributed by atoms with Crippen molar-refractivity contribution in [2.45, 2.75) is 415 Å². The summed E-state index contributed by atoms with van der Waals surface area (Å²) in [5, 5.41) is 0. The number of hydrogen-bond acceptors (Lipinski definition) is 0. The van der Waals surface area contributed by atoms with Crippen molar-refractivity contribution in [1.82, 2.24) is 0 Å². The molecule has 658 valence electrons. The fourth-order valence-corrected chi connectivity index (χ4v) is 60.1. The van der Waals surface area contributed by atoms with Crippen LogP contribution in [0.25, 0.3) is 22.3 Å². The zero-order valence-corrected chi connectivity index (χ0v) is 89.0. The monoisotopic (exact) mass is 1730 g/mol. The first-order valence-corrected chi connectivity index (χ1v) is 73.1. The molecule has 0 radical (unpaired) electrons. The largest absolute Gasteiger partial charge is 1.00 e. The average molecular weight is 1740 g/mol. The van der Waals surface area contributed by atoms with Crippen LogP contribution in [0.2, 0.25) is 89.6 Å². The van der Waals surface area contributed by atoms with Gasteiger partial charge in [0.25, 0.3) is 0 Å². The summed E-state index contributed by atoms with van der Waals surface area (Å²) in [5.74, 6) is 15.3. The quantitative estimate of drug-likeness (QED) is 0.0513. The molecule has 12 aliphatic rings. The van der Waals surface area contributed by atoms with Crippen LogP contribution >= 0.6 is 11.1 Å². The summed E-state index contributed by atoms with van der Waals surface area (Å²) in [6.07, 6.45) is 62.4. The first-order chi connectivity index (χ1) is 55.8. The molecule has 9 heteroatoms. The molecule has 12 aliphatic carbocycles. The van der Waals surface area contributed by atoms with Crippen LogP contribution in [-0.2, 0) is 6.42 Å². The predicted octanol–water partition coefficient (Wildman–Crippen LogP) is 30.2. The normalized spacial score (nSPS) is 28.8. The fraction of sp³-hybridized carbons (Fsp3) is 0.712. The van der Waals surface area contributed by atoms with Crippen LogP contribution in [-0.4, -0.2) is 44.9 Å². The van der Waals surface area contributed by atoms with E-state index in [-0.39, 0.29) is 45.1 Å². The molecule has 8 fully saturated rings. The van der Waals surface area contributed by atoms with Gasteiger partial charge in [0.05, 0.1) is 22.8 Å². The van der Waals surface area contributed by atoms with Crippen LogP contribution in [0.3, 0.4) is 0 Å². The average Bonchev–Trinajstić information content (AvgIpc) is 1.56. The molecule has 4 aromatic carbocycles. The van der Waals surface area contributed by atoms with Gasteiger partial charge in [0.2, 0.25) is 0 Å². The van der Waals surface area contributed by atoms with Crippen molar-refractivity contribution >= 4 is 78.2 Å². The van der Waals surface area contributed by atoms with E-state index in [2.05, 4.69) is 276 Å². The fourth-order valence-electron chi connectivity index (χ4n) is 28.1. The molecule has 0 spiro atoms. The van der Waals surface area contributed by atoms with Crippen molar-refractivity contribution in [3.05, 3.63) is 166 Å². The number of halogens is 1. The Morgan fingerprint density at radius 1 is 0.333 bits per heavy atom. The van der Waals surface area contributed by atoms with Crippen molar-refractivity contribution < 1.29 is 37.7 Å². The summed E-state index contributed by atoms with van der Waals surface area (Å²) < 4.78 is 0. The Morgan fingerprint density at radius 2 is 0.700 bits per heavy atom. The van der Waals surface area contributed by atoms with Gasteiger partial charge in [-0.15, -0.1) is 0 Å². The van der Waals surface area contributed by atoms with Gasteiger partial charge in [0.15, 0.2) is 0 Å². The van der Waals surface area contributed by atoms with E-state index in [4.69, 9.17) is 11.1 Å². The maximum atomic E-state index is 6.93. The number of fused-ring (bicyclic) bond motifs is 8. The van der Waals surface area contributed by atoms with Gasteiger partial charge in [-0.25, -0.2) is 0 Å². The van der Waals surface area contributed by atoms with Gasteiger partial charge in [-0.2, -0.15) is 11.1 Å². The first kappa shape index (κ1) is 104. The summed E-state index contributed by atoms with van der Waals surface area (Å²) in [6.45, 7) is 56.7. The Morgan fingerprint density at radius 3 is 1.20 bits per heavy atom. The van der Waals surface area contributed by atoms with E-state index in [1.54, 1.807) is 161 Å². The number of rotatable bonds is 23. The molecule has 0 bridgehead atoms. The van der Waals surface area contributed by atoms with Crippen LogP contribution in [0.1, 0.15) is 363 Å². The summed E-state index contributed by atoms with van der Waals surface area (Å²) in [6, 6.07) is 36.3. The summed E-state index contributed by atoms with van der Waals surface area (Å²) in [5.41, 5.74) is 22.8. The molecule has 8 saturated carbocycles. The first-order valence-electron chi connectivity index (χ1n) is 50.7. The van der Waals surface area contributed by atoms with E-state index >= 15 is 0 Å². The summed E-state index contributed by atoms with van der Waals surface area (Å²) in [7, 11) is -7.11. The molecule has 120 heavy (non-hydrogen) atoms. The molecule has 4 aromatic rings. The zero-order valence-electron chi connectivity index (χ0n) is 82.2. The molecular formula is C111H183ClLi2Si6+2. The van der Waals surface area contributed by atoms with Crippen molar-refractivity contribution in [3.8, 4) is 0 Å². The Bertz CT molecular complexity index is 3910. The molecule has 0 aliphatic heterocycles. The maximum absolute atomic E-state index is 6.93. The number of benzene rings is 4. The van der Waals surface area contributed by atoms with Crippen molar-refractivity contribution in [1.29, 1.82) is 0 Å². The molecule has 0 aromatic heterocycles. The topological polar surface area (TPSA) is 0 Å². The minimum absolute atomic E-state index is 0. The van der Waals surface area contributed by atoms with Crippen LogP contribution in [0, 0.1) is 88.8 Å². The molecule has 20 unspecified atom stereocenters. The SMILES string of the molecule is C.C1CCC2CCCC2C1.CCCC(C)C1=CC([Si](C)(C)[Si](C)(C)C2C=C(C)c3ccccc32)c2ccccc21.CCCC(C)C1=CC([Si](C)(C)[Si](C)(C)Cl)c2ccccc21.CCCC(C)C1=CCc2ccccc21.CCCC(C)C1CC([Si](C)(C)[Si](C)(C)C2CCC3CCCCC32)C2CCCCC12.CCCC(C)C1CCC2CCCCC21.[Li+].[Li+]. The molecule has 0 amide bonds.